The minimum absolute atomic E-state index is 0.0566. The zero-order chi connectivity index (χ0) is 15.8. The van der Waals surface area contributed by atoms with Crippen LogP contribution in [0.3, 0.4) is 0 Å². The quantitative estimate of drug-likeness (QED) is 0.863. The first-order valence-corrected chi connectivity index (χ1v) is 6.94. The minimum atomic E-state index is -0.946. The second-order valence-corrected chi connectivity index (χ2v) is 6.02. The number of hydrogen-bond acceptors (Lipinski definition) is 3. The molecule has 1 N–H and O–H groups in total. The van der Waals surface area contributed by atoms with Crippen LogP contribution >= 0.6 is 0 Å². The number of imide groups is 1. The van der Waals surface area contributed by atoms with Crippen molar-refractivity contribution in [1.82, 2.24) is 0 Å². The number of amides is 2. The van der Waals surface area contributed by atoms with Crippen LogP contribution in [0.4, 0.5) is 5.69 Å². The largest absolute Gasteiger partial charge is 0.481 e. The summed E-state index contributed by atoms with van der Waals surface area (Å²) in [4.78, 5) is 36.8. The fraction of sp³-hybridized carbons (Fsp3) is 0.438. The Labute approximate surface area is 123 Å². The lowest BCUT2D eigenvalue weighted by Gasteiger charge is -2.26. The summed E-state index contributed by atoms with van der Waals surface area (Å²) in [6.07, 6.45) is 0.0537. The Bertz CT molecular complexity index is 608. The predicted molar refractivity (Wildman–Crippen MR) is 77.8 cm³/mol. The molecular formula is C16H19NO4. The third-order valence-corrected chi connectivity index (χ3v) is 4.26. The Morgan fingerprint density at radius 1 is 1.38 bits per heavy atom. The smallest absolute Gasteiger partial charge is 0.307 e. The summed E-state index contributed by atoms with van der Waals surface area (Å²) in [6, 6.07) is 6.59. The number of carbonyl (C=O) groups excluding carboxylic acids is 2. The molecule has 5 nitrogen and oxygen atoms in total. The number of aliphatic carboxylic acids is 1. The molecule has 1 unspecified atom stereocenters. The van der Waals surface area contributed by atoms with E-state index in [2.05, 4.69) is 0 Å². The van der Waals surface area contributed by atoms with Gasteiger partial charge in [-0.1, -0.05) is 26.0 Å². The molecule has 1 aliphatic heterocycles. The van der Waals surface area contributed by atoms with E-state index < -0.39 is 11.4 Å². The lowest BCUT2D eigenvalue weighted by Crippen LogP contribution is -2.36. The first-order chi connectivity index (χ1) is 9.75. The van der Waals surface area contributed by atoms with Crippen LogP contribution in [-0.4, -0.2) is 22.9 Å². The Kier molecular flexibility index (Phi) is 3.85. The molecule has 112 valence electrons. The van der Waals surface area contributed by atoms with Gasteiger partial charge in [0.25, 0.3) is 0 Å². The summed E-state index contributed by atoms with van der Waals surface area (Å²) in [5.74, 6) is -1.34. The lowest BCUT2D eigenvalue weighted by atomic mass is 9.78. The van der Waals surface area contributed by atoms with E-state index in [1.807, 2.05) is 13.8 Å². The molecule has 0 bridgehead atoms. The molecule has 0 spiro atoms. The van der Waals surface area contributed by atoms with Crippen molar-refractivity contribution in [3.63, 3.8) is 0 Å². The van der Waals surface area contributed by atoms with E-state index in [1.165, 1.54) is 4.90 Å². The number of carboxylic acid groups (broad SMARTS) is 1. The third kappa shape index (κ3) is 2.68. The molecule has 21 heavy (non-hydrogen) atoms. The Morgan fingerprint density at radius 2 is 2.05 bits per heavy atom. The van der Waals surface area contributed by atoms with Crippen LogP contribution in [0.2, 0.25) is 0 Å². The van der Waals surface area contributed by atoms with Gasteiger partial charge in [-0.05, 0) is 30.5 Å². The van der Waals surface area contributed by atoms with Gasteiger partial charge in [-0.2, -0.15) is 0 Å². The number of benzene rings is 1. The number of rotatable bonds is 4. The molecule has 1 aromatic rings. The van der Waals surface area contributed by atoms with Crippen molar-refractivity contribution >= 4 is 23.5 Å². The van der Waals surface area contributed by atoms with Crippen molar-refractivity contribution in [3.8, 4) is 0 Å². The Balaban J connectivity index is 2.36. The van der Waals surface area contributed by atoms with Crippen molar-refractivity contribution < 1.29 is 19.5 Å². The van der Waals surface area contributed by atoms with Gasteiger partial charge in [-0.3, -0.25) is 19.3 Å². The van der Waals surface area contributed by atoms with Crippen molar-refractivity contribution in [1.29, 1.82) is 0 Å². The molecule has 1 atom stereocenters. The van der Waals surface area contributed by atoms with Gasteiger partial charge in [0.2, 0.25) is 11.8 Å². The summed E-state index contributed by atoms with van der Waals surface area (Å²) in [5.41, 5.74) is 0.326. The van der Waals surface area contributed by atoms with Crippen LogP contribution in [0.25, 0.3) is 0 Å². The zero-order valence-electron chi connectivity index (χ0n) is 12.4. The number of nitrogens with zero attached hydrogens (tertiary/aromatic N) is 1. The van der Waals surface area contributed by atoms with E-state index in [0.29, 0.717) is 11.3 Å². The average molecular weight is 289 g/mol. The summed E-state index contributed by atoms with van der Waals surface area (Å²) in [6.45, 7) is 5.66. The maximum absolute atomic E-state index is 12.6. The van der Waals surface area contributed by atoms with Crippen LogP contribution in [-0.2, 0) is 20.8 Å². The van der Waals surface area contributed by atoms with Crippen LogP contribution in [0.15, 0.2) is 24.3 Å². The molecule has 0 aromatic heterocycles. The number of carboxylic acids is 1. The number of hydrogen-bond donors (Lipinski definition) is 1. The van der Waals surface area contributed by atoms with E-state index in [4.69, 9.17) is 5.11 Å². The lowest BCUT2D eigenvalue weighted by molar-refractivity contribution is -0.136. The molecule has 1 heterocycles. The van der Waals surface area contributed by atoms with E-state index in [1.54, 1.807) is 31.2 Å². The maximum Gasteiger partial charge on any atom is 0.307 e. The molecule has 0 radical (unpaired) electrons. The van der Waals surface area contributed by atoms with Gasteiger partial charge in [0, 0.05) is 6.42 Å². The third-order valence-electron chi connectivity index (χ3n) is 4.26. The first kappa shape index (κ1) is 15.2. The van der Waals surface area contributed by atoms with Gasteiger partial charge in [0.15, 0.2) is 0 Å². The normalized spacial score (nSPS) is 22.2. The van der Waals surface area contributed by atoms with E-state index in [-0.39, 0.29) is 30.6 Å². The summed E-state index contributed by atoms with van der Waals surface area (Å²) < 4.78 is 0. The highest BCUT2D eigenvalue weighted by molar-refractivity contribution is 6.22. The van der Waals surface area contributed by atoms with Gasteiger partial charge >= 0.3 is 5.97 Å². The van der Waals surface area contributed by atoms with Gasteiger partial charge in [0.05, 0.1) is 17.5 Å². The molecule has 5 heteroatoms. The molecule has 1 saturated heterocycles. The summed E-state index contributed by atoms with van der Waals surface area (Å²) in [5, 5.41) is 8.84. The van der Waals surface area contributed by atoms with Crippen LogP contribution in [0, 0.1) is 11.3 Å². The molecule has 2 rings (SSSR count). The van der Waals surface area contributed by atoms with Crippen LogP contribution in [0.5, 0.6) is 0 Å². The van der Waals surface area contributed by atoms with Crippen LogP contribution < -0.4 is 4.90 Å². The summed E-state index contributed by atoms with van der Waals surface area (Å²) >= 11 is 0. The highest BCUT2D eigenvalue weighted by Gasteiger charge is 2.50. The fourth-order valence-electron chi connectivity index (χ4n) is 2.53. The van der Waals surface area contributed by atoms with Crippen molar-refractivity contribution in [2.24, 2.45) is 11.3 Å². The van der Waals surface area contributed by atoms with Crippen molar-refractivity contribution in [2.75, 3.05) is 4.90 Å². The van der Waals surface area contributed by atoms with E-state index >= 15 is 0 Å². The zero-order valence-corrected chi connectivity index (χ0v) is 12.4. The number of carbonyl (C=O) groups is 3. The van der Waals surface area contributed by atoms with Crippen LogP contribution in [0.1, 0.15) is 32.8 Å². The van der Waals surface area contributed by atoms with Gasteiger partial charge in [-0.25, -0.2) is 0 Å². The van der Waals surface area contributed by atoms with Crippen molar-refractivity contribution in [3.05, 3.63) is 29.8 Å². The number of anilines is 1. The monoisotopic (exact) mass is 289 g/mol. The molecule has 0 aliphatic carbocycles. The first-order valence-electron chi connectivity index (χ1n) is 6.94. The van der Waals surface area contributed by atoms with Gasteiger partial charge in [-0.15, -0.1) is 0 Å². The average Bonchev–Trinajstić information content (AvgIpc) is 2.60. The molecule has 2 amide bonds. The second-order valence-electron chi connectivity index (χ2n) is 6.02. The van der Waals surface area contributed by atoms with E-state index in [0.717, 1.165) is 0 Å². The molecule has 1 aromatic carbocycles. The molecular weight excluding hydrogens is 270 g/mol. The predicted octanol–water partition coefficient (Wildman–Crippen LogP) is 2.24. The topological polar surface area (TPSA) is 74.7 Å². The highest BCUT2D eigenvalue weighted by atomic mass is 16.4. The van der Waals surface area contributed by atoms with E-state index in [9.17, 15) is 14.4 Å². The Morgan fingerprint density at radius 3 is 2.57 bits per heavy atom. The maximum atomic E-state index is 12.6. The minimum Gasteiger partial charge on any atom is -0.481 e. The SMILES string of the molecule is CC(C)C1(C)CC(=O)N(c2cccc(CC(=O)O)c2)C1=O. The highest BCUT2D eigenvalue weighted by Crippen LogP contribution is 2.41. The molecule has 1 fully saturated rings. The van der Waals surface area contributed by atoms with Gasteiger partial charge in [0.1, 0.15) is 0 Å². The summed E-state index contributed by atoms with van der Waals surface area (Å²) in [7, 11) is 0. The second kappa shape index (κ2) is 5.31. The Hall–Kier alpha value is -2.17. The molecule has 0 saturated carbocycles. The molecule has 1 aliphatic rings. The standard InChI is InChI=1S/C16H19NO4/c1-10(2)16(3)9-13(18)17(15(16)21)12-6-4-5-11(7-12)8-14(19)20/h4-7,10H,8-9H2,1-3H3,(H,19,20). The van der Waals surface area contributed by atoms with Crippen molar-refractivity contribution in [2.45, 2.75) is 33.6 Å². The fourth-order valence-corrected chi connectivity index (χ4v) is 2.53. The van der Waals surface area contributed by atoms with Gasteiger partial charge < -0.3 is 5.11 Å².